The number of carbonyl (C=O) groups excluding carboxylic acids is 1. The molecule has 0 aromatic carbocycles. The first-order chi connectivity index (χ1) is 9.59. The van der Waals surface area contributed by atoms with Crippen LogP contribution >= 0.6 is 0 Å². The predicted octanol–water partition coefficient (Wildman–Crippen LogP) is -0.508. The highest BCUT2D eigenvalue weighted by molar-refractivity contribution is 5.95. The highest BCUT2D eigenvalue weighted by Crippen LogP contribution is 2.14. The van der Waals surface area contributed by atoms with Crippen molar-refractivity contribution in [3.63, 3.8) is 0 Å². The molecule has 3 rings (SSSR count). The molecule has 0 unspecified atom stereocenters. The van der Waals surface area contributed by atoms with Gasteiger partial charge >= 0.3 is 0 Å². The van der Waals surface area contributed by atoms with E-state index in [0.717, 1.165) is 12.2 Å². The van der Waals surface area contributed by atoms with Crippen molar-refractivity contribution in [3.8, 4) is 0 Å². The summed E-state index contributed by atoms with van der Waals surface area (Å²) in [5.74, 6) is -0.243. The maximum absolute atomic E-state index is 12.2. The van der Waals surface area contributed by atoms with Gasteiger partial charge in [-0.25, -0.2) is 9.50 Å². The van der Waals surface area contributed by atoms with Gasteiger partial charge in [-0.05, 0) is 19.9 Å². The smallest absolute Gasteiger partial charge is 0.254 e. The molecule has 0 saturated carbocycles. The summed E-state index contributed by atoms with van der Waals surface area (Å²) in [5.41, 5.74) is 1.05. The number of hydrogen-bond donors (Lipinski definition) is 3. The molecule has 7 nitrogen and oxygen atoms in total. The number of aliphatic hydroxyl groups is 1. The van der Waals surface area contributed by atoms with E-state index in [1.54, 1.807) is 23.0 Å². The van der Waals surface area contributed by atoms with Crippen molar-refractivity contribution in [1.29, 1.82) is 0 Å². The van der Waals surface area contributed by atoms with E-state index in [1.165, 1.54) is 0 Å². The maximum atomic E-state index is 12.2. The van der Waals surface area contributed by atoms with Crippen LogP contribution in [0, 0.1) is 6.92 Å². The number of amides is 1. The van der Waals surface area contributed by atoms with Gasteiger partial charge < -0.3 is 15.7 Å². The monoisotopic (exact) mass is 275 g/mol. The Balaban J connectivity index is 1.76. The molecule has 3 heterocycles. The van der Waals surface area contributed by atoms with E-state index < -0.39 is 5.60 Å². The summed E-state index contributed by atoms with van der Waals surface area (Å²) in [6, 6.07) is 1.78. The molecule has 2 aromatic heterocycles. The number of β-amino-alcohol motifs (C(OH)–C–C–N with tert-alkyl or cyclic N) is 1. The minimum absolute atomic E-state index is 0.232. The average molecular weight is 275 g/mol. The van der Waals surface area contributed by atoms with Gasteiger partial charge in [0.25, 0.3) is 5.91 Å². The zero-order chi connectivity index (χ0) is 14.2. The normalized spacial score (nSPS) is 22.3. The molecule has 3 N–H and O–H groups in total. The summed E-state index contributed by atoms with van der Waals surface area (Å²) >= 11 is 0. The first kappa shape index (κ1) is 13.0. The van der Waals surface area contributed by atoms with Gasteiger partial charge in [-0.15, -0.1) is 0 Å². The highest BCUT2D eigenvalue weighted by atomic mass is 16.3. The molecule has 1 fully saturated rings. The number of carbonyl (C=O) groups is 1. The Kier molecular flexibility index (Phi) is 3.15. The van der Waals surface area contributed by atoms with E-state index in [9.17, 15) is 9.90 Å². The Hall–Kier alpha value is -1.99. The largest absolute Gasteiger partial charge is 0.387 e. The SMILES string of the molecule is Cc1c(C(=O)NC[C@@]2(O)CCNC2)cnc2ccnn12. The summed E-state index contributed by atoms with van der Waals surface area (Å²) in [6.07, 6.45) is 3.82. The van der Waals surface area contributed by atoms with Crippen LogP contribution in [-0.2, 0) is 0 Å². The molecule has 0 radical (unpaired) electrons. The number of aryl methyl sites for hydroxylation is 1. The lowest BCUT2D eigenvalue weighted by Crippen LogP contribution is -2.44. The number of rotatable bonds is 3. The second kappa shape index (κ2) is 4.84. The Labute approximate surface area is 116 Å². The van der Waals surface area contributed by atoms with E-state index in [4.69, 9.17) is 0 Å². The van der Waals surface area contributed by atoms with Crippen molar-refractivity contribution >= 4 is 11.6 Å². The maximum Gasteiger partial charge on any atom is 0.254 e. The van der Waals surface area contributed by atoms with Crippen molar-refractivity contribution in [2.75, 3.05) is 19.6 Å². The lowest BCUT2D eigenvalue weighted by atomic mass is 10.0. The molecule has 7 heteroatoms. The van der Waals surface area contributed by atoms with Gasteiger partial charge in [-0.3, -0.25) is 4.79 Å². The summed E-state index contributed by atoms with van der Waals surface area (Å²) in [5, 5.41) is 20.2. The number of hydrogen-bond acceptors (Lipinski definition) is 5. The zero-order valence-corrected chi connectivity index (χ0v) is 11.3. The molecule has 1 atom stereocenters. The third-order valence-electron chi connectivity index (χ3n) is 3.70. The Bertz CT molecular complexity index is 645. The van der Waals surface area contributed by atoms with Crippen LogP contribution in [0.25, 0.3) is 5.65 Å². The van der Waals surface area contributed by atoms with Crippen LogP contribution in [0.2, 0.25) is 0 Å². The quantitative estimate of drug-likeness (QED) is 0.702. The van der Waals surface area contributed by atoms with Gasteiger partial charge in [0, 0.05) is 25.4 Å². The van der Waals surface area contributed by atoms with Crippen molar-refractivity contribution in [1.82, 2.24) is 25.2 Å². The van der Waals surface area contributed by atoms with Gasteiger partial charge in [-0.1, -0.05) is 0 Å². The van der Waals surface area contributed by atoms with Crippen LogP contribution in [0.15, 0.2) is 18.5 Å². The second-order valence-electron chi connectivity index (χ2n) is 5.19. The van der Waals surface area contributed by atoms with E-state index >= 15 is 0 Å². The summed E-state index contributed by atoms with van der Waals surface area (Å²) < 4.78 is 1.63. The summed E-state index contributed by atoms with van der Waals surface area (Å²) in [6.45, 7) is 3.33. The van der Waals surface area contributed by atoms with Crippen LogP contribution in [0.4, 0.5) is 0 Å². The summed E-state index contributed by atoms with van der Waals surface area (Å²) in [7, 11) is 0. The van der Waals surface area contributed by atoms with E-state index in [0.29, 0.717) is 24.2 Å². The second-order valence-corrected chi connectivity index (χ2v) is 5.19. The van der Waals surface area contributed by atoms with Crippen molar-refractivity contribution in [3.05, 3.63) is 29.7 Å². The first-order valence-corrected chi connectivity index (χ1v) is 6.60. The van der Waals surface area contributed by atoms with E-state index in [2.05, 4.69) is 20.7 Å². The molecule has 2 aromatic rings. The fourth-order valence-corrected chi connectivity index (χ4v) is 2.44. The molecule has 1 amide bonds. The van der Waals surface area contributed by atoms with E-state index in [-0.39, 0.29) is 12.5 Å². The first-order valence-electron chi connectivity index (χ1n) is 6.60. The number of nitrogens with one attached hydrogen (secondary N) is 2. The zero-order valence-electron chi connectivity index (χ0n) is 11.3. The molecular formula is C13H17N5O2. The topological polar surface area (TPSA) is 91.5 Å². The molecule has 1 aliphatic rings. The molecule has 106 valence electrons. The third-order valence-corrected chi connectivity index (χ3v) is 3.70. The van der Waals surface area contributed by atoms with Crippen LogP contribution in [0.3, 0.4) is 0 Å². The highest BCUT2D eigenvalue weighted by Gasteiger charge is 2.31. The van der Waals surface area contributed by atoms with Crippen LogP contribution < -0.4 is 10.6 Å². The van der Waals surface area contributed by atoms with Gasteiger partial charge in [0.15, 0.2) is 5.65 Å². The van der Waals surface area contributed by atoms with Crippen LogP contribution in [0.5, 0.6) is 0 Å². The standard InChI is InChI=1S/C13H17N5O2/c1-9-10(6-15-11-2-4-17-18(9)11)12(19)16-8-13(20)3-5-14-7-13/h2,4,6,14,20H,3,5,7-8H2,1H3,(H,16,19)/t13-/m1/s1. The van der Waals surface area contributed by atoms with Crippen LogP contribution in [0.1, 0.15) is 22.5 Å². The molecule has 0 spiro atoms. The van der Waals surface area contributed by atoms with Crippen molar-refractivity contribution in [2.45, 2.75) is 18.9 Å². The van der Waals surface area contributed by atoms with Crippen molar-refractivity contribution in [2.24, 2.45) is 0 Å². The Morgan fingerprint density at radius 1 is 1.65 bits per heavy atom. The third kappa shape index (κ3) is 2.25. The number of fused-ring (bicyclic) bond motifs is 1. The van der Waals surface area contributed by atoms with Gasteiger partial charge in [0.2, 0.25) is 0 Å². The molecule has 0 aliphatic carbocycles. The van der Waals surface area contributed by atoms with Gasteiger partial charge in [0.1, 0.15) is 0 Å². The number of nitrogens with zero attached hydrogens (tertiary/aromatic N) is 3. The van der Waals surface area contributed by atoms with E-state index in [1.807, 2.05) is 6.92 Å². The summed E-state index contributed by atoms with van der Waals surface area (Å²) in [4.78, 5) is 16.4. The predicted molar refractivity (Wildman–Crippen MR) is 72.5 cm³/mol. The molecule has 1 aliphatic heterocycles. The fourth-order valence-electron chi connectivity index (χ4n) is 2.44. The lowest BCUT2D eigenvalue weighted by Gasteiger charge is -2.21. The minimum Gasteiger partial charge on any atom is -0.387 e. The van der Waals surface area contributed by atoms with Gasteiger partial charge in [0.05, 0.1) is 23.1 Å². The minimum atomic E-state index is -0.854. The van der Waals surface area contributed by atoms with Crippen molar-refractivity contribution < 1.29 is 9.90 Å². The molecular weight excluding hydrogens is 258 g/mol. The van der Waals surface area contributed by atoms with Gasteiger partial charge in [-0.2, -0.15) is 5.10 Å². The average Bonchev–Trinajstić information content (AvgIpc) is 3.06. The number of aromatic nitrogens is 3. The molecule has 1 saturated heterocycles. The molecule has 20 heavy (non-hydrogen) atoms. The molecule has 0 bridgehead atoms. The van der Waals surface area contributed by atoms with Crippen LogP contribution in [-0.4, -0.2) is 50.8 Å². The lowest BCUT2D eigenvalue weighted by molar-refractivity contribution is 0.0561. The fraction of sp³-hybridized carbons (Fsp3) is 0.462. The Morgan fingerprint density at radius 3 is 3.25 bits per heavy atom. The Morgan fingerprint density at radius 2 is 2.50 bits per heavy atom.